The fourth-order valence-electron chi connectivity index (χ4n) is 2.20. The van der Waals surface area contributed by atoms with E-state index in [2.05, 4.69) is 27.9 Å². The number of alkyl halides is 1. The van der Waals surface area contributed by atoms with Gasteiger partial charge in [0, 0.05) is 30.2 Å². The van der Waals surface area contributed by atoms with Gasteiger partial charge in [0.25, 0.3) is 0 Å². The van der Waals surface area contributed by atoms with Crippen molar-refractivity contribution in [1.29, 1.82) is 0 Å². The second kappa shape index (κ2) is 5.17. The van der Waals surface area contributed by atoms with Crippen LogP contribution in [0.25, 0.3) is 0 Å². The number of benzene rings is 1. The van der Waals surface area contributed by atoms with Crippen molar-refractivity contribution in [3.63, 3.8) is 0 Å². The summed E-state index contributed by atoms with van der Waals surface area (Å²) >= 11 is 3.36. The molecule has 16 heavy (non-hydrogen) atoms. The summed E-state index contributed by atoms with van der Waals surface area (Å²) in [6, 6.07) is 5.31. The smallest absolute Gasteiger partial charge is 0.129 e. The number of hydrogen-bond donors (Lipinski definition) is 0. The molecule has 0 radical (unpaired) electrons. The summed E-state index contributed by atoms with van der Waals surface area (Å²) in [7, 11) is 2.05. The average molecular weight is 286 g/mol. The van der Waals surface area contributed by atoms with E-state index in [-0.39, 0.29) is 5.82 Å². The molecule has 0 atom stereocenters. The van der Waals surface area contributed by atoms with Crippen LogP contribution in [0.5, 0.6) is 0 Å². The third-order valence-electron chi connectivity index (χ3n) is 3.40. The van der Waals surface area contributed by atoms with Crippen LogP contribution in [0.3, 0.4) is 0 Å². The normalized spacial score (nSPS) is 15.9. The maximum Gasteiger partial charge on any atom is 0.129 e. The first-order valence-electron chi connectivity index (χ1n) is 5.77. The van der Waals surface area contributed by atoms with E-state index in [1.54, 1.807) is 6.07 Å². The molecule has 1 fully saturated rings. The van der Waals surface area contributed by atoms with Gasteiger partial charge in [0.2, 0.25) is 0 Å². The minimum Gasteiger partial charge on any atom is -0.374 e. The number of nitrogens with zero attached hydrogens (tertiary/aromatic N) is 1. The zero-order valence-corrected chi connectivity index (χ0v) is 11.1. The first-order valence-corrected chi connectivity index (χ1v) is 6.89. The van der Waals surface area contributed by atoms with Crippen molar-refractivity contribution < 1.29 is 4.39 Å². The fraction of sp³-hybridized carbons (Fsp3) is 0.538. The number of hydrogen-bond acceptors (Lipinski definition) is 1. The largest absolute Gasteiger partial charge is 0.374 e. The van der Waals surface area contributed by atoms with Crippen LogP contribution in [0.2, 0.25) is 0 Å². The highest BCUT2D eigenvalue weighted by Gasteiger charge is 2.20. The van der Waals surface area contributed by atoms with Crippen LogP contribution in [0.15, 0.2) is 18.2 Å². The highest BCUT2D eigenvalue weighted by atomic mass is 79.9. The molecule has 0 aromatic heterocycles. The van der Waals surface area contributed by atoms with Gasteiger partial charge in [-0.15, -0.1) is 0 Å². The lowest BCUT2D eigenvalue weighted by molar-refractivity contribution is 0.321. The molecule has 0 aliphatic heterocycles. The molecule has 1 aromatic rings. The molecule has 0 amide bonds. The van der Waals surface area contributed by atoms with E-state index in [1.165, 1.54) is 25.3 Å². The van der Waals surface area contributed by atoms with Gasteiger partial charge in [-0.1, -0.05) is 28.4 Å². The summed E-state index contributed by atoms with van der Waals surface area (Å²) in [5, 5.41) is 0.573. The van der Waals surface area contributed by atoms with Gasteiger partial charge in [-0.25, -0.2) is 4.39 Å². The maximum atomic E-state index is 13.6. The summed E-state index contributed by atoms with van der Waals surface area (Å²) in [6.45, 7) is 1.05. The van der Waals surface area contributed by atoms with E-state index in [1.807, 2.05) is 6.07 Å². The Morgan fingerprint density at radius 1 is 1.44 bits per heavy atom. The van der Waals surface area contributed by atoms with E-state index in [0.29, 0.717) is 5.33 Å². The van der Waals surface area contributed by atoms with Gasteiger partial charge in [0.1, 0.15) is 5.82 Å². The molecule has 88 valence electrons. The van der Waals surface area contributed by atoms with Crippen molar-refractivity contribution in [2.24, 2.45) is 5.92 Å². The van der Waals surface area contributed by atoms with Crippen molar-refractivity contribution >= 4 is 21.6 Å². The molecule has 0 bridgehead atoms. The fourth-order valence-corrected chi connectivity index (χ4v) is 2.75. The zero-order chi connectivity index (χ0) is 11.5. The standard InChI is InChI=1S/C13H17BrFN/c1-16(9-10-4-2-5-10)13-7-3-6-12(15)11(13)8-14/h3,6-7,10H,2,4-5,8-9H2,1H3. The molecular weight excluding hydrogens is 269 g/mol. The van der Waals surface area contributed by atoms with Crippen LogP contribution in [0.4, 0.5) is 10.1 Å². The summed E-state index contributed by atoms with van der Waals surface area (Å²) < 4.78 is 13.6. The highest BCUT2D eigenvalue weighted by molar-refractivity contribution is 9.08. The Balaban J connectivity index is 2.14. The molecule has 0 heterocycles. The van der Waals surface area contributed by atoms with Crippen molar-refractivity contribution in [3.05, 3.63) is 29.6 Å². The monoisotopic (exact) mass is 285 g/mol. The summed E-state index contributed by atoms with van der Waals surface area (Å²) in [4.78, 5) is 2.18. The third kappa shape index (κ3) is 2.40. The molecule has 2 rings (SSSR count). The lowest BCUT2D eigenvalue weighted by Crippen LogP contribution is -2.30. The van der Waals surface area contributed by atoms with Crippen LogP contribution < -0.4 is 4.90 Å². The van der Waals surface area contributed by atoms with E-state index in [4.69, 9.17) is 0 Å². The molecule has 1 aromatic carbocycles. The molecule has 0 spiro atoms. The lowest BCUT2D eigenvalue weighted by Gasteiger charge is -2.32. The van der Waals surface area contributed by atoms with Gasteiger partial charge < -0.3 is 4.90 Å². The maximum absolute atomic E-state index is 13.6. The molecule has 3 heteroatoms. The zero-order valence-electron chi connectivity index (χ0n) is 9.55. The van der Waals surface area contributed by atoms with Crippen LogP contribution >= 0.6 is 15.9 Å². The molecule has 0 N–H and O–H groups in total. The summed E-state index contributed by atoms with van der Waals surface area (Å²) in [5.41, 5.74) is 1.79. The van der Waals surface area contributed by atoms with E-state index in [0.717, 1.165) is 23.7 Å². The Hall–Kier alpha value is -0.570. The lowest BCUT2D eigenvalue weighted by atomic mass is 9.85. The van der Waals surface area contributed by atoms with Crippen molar-refractivity contribution in [2.75, 3.05) is 18.5 Å². The molecule has 1 aliphatic carbocycles. The minimum absolute atomic E-state index is 0.116. The second-order valence-corrected chi connectivity index (χ2v) is 5.11. The van der Waals surface area contributed by atoms with E-state index in [9.17, 15) is 4.39 Å². The molecule has 1 nitrogen and oxygen atoms in total. The molecule has 0 saturated heterocycles. The van der Waals surface area contributed by atoms with E-state index >= 15 is 0 Å². The van der Waals surface area contributed by atoms with Crippen LogP contribution in [0.1, 0.15) is 24.8 Å². The highest BCUT2D eigenvalue weighted by Crippen LogP contribution is 2.30. The Morgan fingerprint density at radius 3 is 2.75 bits per heavy atom. The number of halogens is 2. The van der Waals surface area contributed by atoms with Crippen molar-refractivity contribution in [2.45, 2.75) is 24.6 Å². The quantitative estimate of drug-likeness (QED) is 0.757. The second-order valence-electron chi connectivity index (χ2n) is 4.55. The Kier molecular flexibility index (Phi) is 3.85. The Labute approximate surface area is 105 Å². The molecule has 1 aliphatic rings. The summed E-state index contributed by atoms with van der Waals surface area (Å²) in [5.74, 6) is 0.686. The van der Waals surface area contributed by atoms with Gasteiger partial charge in [0.05, 0.1) is 0 Å². The van der Waals surface area contributed by atoms with Gasteiger partial charge >= 0.3 is 0 Å². The molecule has 0 unspecified atom stereocenters. The predicted molar refractivity (Wildman–Crippen MR) is 69.6 cm³/mol. The van der Waals surface area contributed by atoms with Crippen molar-refractivity contribution in [1.82, 2.24) is 0 Å². The van der Waals surface area contributed by atoms with Crippen LogP contribution in [-0.4, -0.2) is 13.6 Å². The van der Waals surface area contributed by atoms with Crippen molar-refractivity contribution in [3.8, 4) is 0 Å². The third-order valence-corrected chi connectivity index (χ3v) is 3.96. The van der Waals surface area contributed by atoms with Crippen LogP contribution in [-0.2, 0) is 5.33 Å². The topological polar surface area (TPSA) is 3.24 Å². The Bertz CT molecular complexity index is 363. The summed E-state index contributed by atoms with van der Waals surface area (Å²) in [6.07, 6.45) is 4.00. The molecule has 1 saturated carbocycles. The first kappa shape index (κ1) is 11.9. The van der Waals surface area contributed by atoms with Gasteiger partial charge in [0.15, 0.2) is 0 Å². The molecular formula is C13H17BrFN. The van der Waals surface area contributed by atoms with Crippen LogP contribution in [0, 0.1) is 11.7 Å². The van der Waals surface area contributed by atoms with Gasteiger partial charge in [-0.3, -0.25) is 0 Å². The number of rotatable bonds is 4. The SMILES string of the molecule is CN(CC1CCC1)c1cccc(F)c1CBr. The predicted octanol–water partition coefficient (Wildman–Crippen LogP) is 3.96. The van der Waals surface area contributed by atoms with Gasteiger partial charge in [-0.05, 0) is 30.9 Å². The average Bonchev–Trinajstić information content (AvgIpc) is 2.22. The van der Waals surface area contributed by atoms with E-state index < -0.39 is 0 Å². The first-order chi connectivity index (χ1) is 7.72. The Morgan fingerprint density at radius 2 is 2.19 bits per heavy atom. The van der Waals surface area contributed by atoms with Gasteiger partial charge in [-0.2, -0.15) is 0 Å². The number of anilines is 1. The minimum atomic E-state index is -0.116.